The van der Waals surface area contributed by atoms with Crippen molar-refractivity contribution in [3.63, 3.8) is 0 Å². The van der Waals surface area contributed by atoms with Crippen molar-refractivity contribution in [3.05, 3.63) is 29.3 Å². The molecule has 0 unspecified atom stereocenters. The minimum atomic E-state index is -0.388. The van der Waals surface area contributed by atoms with E-state index in [2.05, 4.69) is 10.6 Å². The highest BCUT2D eigenvalue weighted by molar-refractivity contribution is 8.00. The zero-order valence-electron chi connectivity index (χ0n) is 12.6. The average molecular weight is 341 g/mol. The molecule has 0 bridgehead atoms. The standard InChI is InChI=1S/C16H21ClN2O2S/c1-11(22-14-9-7-12(17)8-10-14)15(20)19-16(21)18-13-5-3-2-4-6-13/h7-11,13H,2-6H2,1H3,(H2,18,19,20,21)/t11-/m0/s1. The Morgan fingerprint density at radius 3 is 2.45 bits per heavy atom. The highest BCUT2D eigenvalue weighted by atomic mass is 35.5. The van der Waals surface area contributed by atoms with Gasteiger partial charge in [0.1, 0.15) is 0 Å². The lowest BCUT2D eigenvalue weighted by molar-refractivity contribution is -0.119. The van der Waals surface area contributed by atoms with Gasteiger partial charge in [-0.05, 0) is 44.0 Å². The lowest BCUT2D eigenvalue weighted by atomic mass is 9.96. The van der Waals surface area contributed by atoms with Gasteiger partial charge in [0.05, 0.1) is 5.25 Å². The number of carbonyl (C=O) groups is 2. The fraction of sp³-hybridized carbons (Fsp3) is 0.500. The molecule has 0 radical (unpaired) electrons. The molecule has 120 valence electrons. The van der Waals surface area contributed by atoms with Gasteiger partial charge < -0.3 is 5.32 Å². The maximum Gasteiger partial charge on any atom is 0.321 e. The largest absolute Gasteiger partial charge is 0.335 e. The number of hydrogen-bond donors (Lipinski definition) is 2. The zero-order chi connectivity index (χ0) is 15.9. The van der Waals surface area contributed by atoms with Crippen molar-refractivity contribution in [3.8, 4) is 0 Å². The Balaban J connectivity index is 1.77. The SMILES string of the molecule is C[C@H](Sc1ccc(Cl)cc1)C(=O)NC(=O)NC1CCCCC1. The molecular formula is C16H21ClN2O2S. The van der Waals surface area contributed by atoms with Crippen molar-refractivity contribution < 1.29 is 9.59 Å². The van der Waals surface area contributed by atoms with Crippen LogP contribution in [0.25, 0.3) is 0 Å². The van der Waals surface area contributed by atoms with Gasteiger partial charge in [-0.1, -0.05) is 30.9 Å². The second kappa shape index (κ2) is 8.44. The van der Waals surface area contributed by atoms with Gasteiger partial charge in [0, 0.05) is 16.0 Å². The molecule has 0 aliphatic heterocycles. The Labute approximate surface area is 140 Å². The van der Waals surface area contributed by atoms with Gasteiger partial charge in [0.2, 0.25) is 5.91 Å². The maximum absolute atomic E-state index is 12.0. The third-order valence-corrected chi connectivity index (χ3v) is 5.04. The van der Waals surface area contributed by atoms with Gasteiger partial charge in [0.25, 0.3) is 0 Å². The number of carbonyl (C=O) groups excluding carboxylic acids is 2. The van der Waals surface area contributed by atoms with E-state index in [1.54, 1.807) is 19.1 Å². The van der Waals surface area contributed by atoms with Crippen molar-refractivity contribution >= 4 is 35.3 Å². The van der Waals surface area contributed by atoms with E-state index >= 15 is 0 Å². The Morgan fingerprint density at radius 1 is 1.18 bits per heavy atom. The van der Waals surface area contributed by atoms with Crippen LogP contribution in [-0.4, -0.2) is 23.2 Å². The molecule has 1 aliphatic rings. The number of halogens is 1. The van der Waals surface area contributed by atoms with Gasteiger partial charge >= 0.3 is 6.03 Å². The number of thioether (sulfide) groups is 1. The number of imide groups is 1. The summed E-state index contributed by atoms with van der Waals surface area (Å²) in [6, 6.07) is 7.09. The van der Waals surface area contributed by atoms with E-state index in [1.165, 1.54) is 18.2 Å². The number of nitrogens with one attached hydrogen (secondary N) is 2. The van der Waals surface area contributed by atoms with Crippen LogP contribution in [0, 0.1) is 0 Å². The van der Waals surface area contributed by atoms with Gasteiger partial charge in [-0.2, -0.15) is 0 Å². The highest BCUT2D eigenvalue weighted by Crippen LogP contribution is 2.24. The Morgan fingerprint density at radius 2 is 1.82 bits per heavy atom. The van der Waals surface area contributed by atoms with Crippen molar-refractivity contribution in [2.24, 2.45) is 0 Å². The molecule has 0 spiro atoms. The molecule has 0 heterocycles. The first-order valence-electron chi connectivity index (χ1n) is 7.58. The number of rotatable bonds is 4. The van der Waals surface area contributed by atoms with E-state index in [4.69, 9.17) is 11.6 Å². The van der Waals surface area contributed by atoms with Crippen LogP contribution in [0.4, 0.5) is 4.79 Å². The Bertz CT molecular complexity index is 515. The van der Waals surface area contributed by atoms with Gasteiger partial charge in [-0.3, -0.25) is 10.1 Å². The summed E-state index contributed by atoms with van der Waals surface area (Å²) in [5, 5.41) is 5.61. The molecule has 22 heavy (non-hydrogen) atoms. The first kappa shape index (κ1) is 17.2. The van der Waals surface area contributed by atoms with Crippen LogP contribution in [-0.2, 0) is 4.79 Å². The van der Waals surface area contributed by atoms with E-state index in [-0.39, 0.29) is 23.2 Å². The second-order valence-corrected chi connectivity index (χ2v) is 7.36. The minimum Gasteiger partial charge on any atom is -0.335 e. The molecule has 4 nitrogen and oxygen atoms in total. The molecule has 3 amide bonds. The summed E-state index contributed by atoms with van der Waals surface area (Å²) in [5.41, 5.74) is 0. The van der Waals surface area contributed by atoms with Gasteiger partial charge in [0.15, 0.2) is 0 Å². The van der Waals surface area contributed by atoms with Crippen LogP contribution in [0.1, 0.15) is 39.0 Å². The van der Waals surface area contributed by atoms with Crippen LogP contribution in [0.5, 0.6) is 0 Å². The topological polar surface area (TPSA) is 58.2 Å². The lowest BCUT2D eigenvalue weighted by Crippen LogP contribution is -2.47. The maximum atomic E-state index is 12.0. The predicted molar refractivity (Wildman–Crippen MR) is 90.3 cm³/mol. The summed E-state index contributed by atoms with van der Waals surface area (Å²) in [4.78, 5) is 24.8. The molecule has 0 saturated heterocycles. The summed E-state index contributed by atoms with van der Waals surface area (Å²) in [5.74, 6) is -0.284. The molecule has 1 atom stereocenters. The van der Waals surface area contributed by atoms with Crippen LogP contribution in [0.2, 0.25) is 5.02 Å². The molecule has 2 rings (SSSR count). The normalized spacial score (nSPS) is 16.8. The molecule has 1 aromatic rings. The van der Waals surface area contributed by atoms with E-state index in [1.807, 2.05) is 12.1 Å². The monoisotopic (exact) mass is 340 g/mol. The van der Waals surface area contributed by atoms with Crippen LogP contribution in [0.3, 0.4) is 0 Å². The molecule has 1 fully saturated rings. The van der Waals surface area contributed by atoms with E-state index in [0.717, 1.165) is 30.6 Å². The quantitative estimate of drug-likeness (QED) is 0.815. The van der Waals surface area contributed by atoms with Crippen LogP contribution >= 0.6 is 23.4 Å². The number of amides is 3. The predicted octanol–water partition coefficient (Wildman–Crippen LogP) is 3.98. The lowest BCUT2D eigenvalue weighted by Gasteiger charge is -2.23. The molecular weight excluding hydrogens is 320 g/mol. The molecule has 1 aliphatic carbocycles. The van der Waals surface area contributed by atoms with Crippen LogP contribution < -0.4 is 10.6 Å². The summed E-state index contributed by atoms with van der Waals surface area (Å²) in [7, 11) is 0. The number of hydrogen-bond acceptors (Lipinski definition) is 3. The van der Waals surface area contributed by atoms with Gasteiger partial charge in [-0.25, -0.2) is 4.79 Å². The number of benzene rings is 1. The molecule has 2 N–H and O–H groups in total. The second-order valence-electron chi connectivity index (χ2n) is 5.51. The minimum absolute atomic E-state index is 0.195. The molecule has 0 aromatic heterocycles. The van der Waals surface area contributed by atoms with E-state index in [0.29, 0.717) is 5.02 Å². The molecule has 1 saturated carbocycles. The van der Waals surface area contributed by atoms with Crippen molar-refractivity contribution in [1.29, 1.82) is 0 Å². The highest BCUT2D eigenvalue weighted by Gasteiger charge is 2.20. The van der Waals surface area contributed by atoms with Gasteiger partial charge in [-0.15, -0.1) is 11.8 Å². The third-order valence-electron chi connectivity index (χ3n) is 3.67. The summed E-state index contributed by atoms with van der Waals surface area (Å²) >= 11 is 7.23. The Kier molecular flexibility index (Phi) is 6.58. The Hall–Kier alpha value is -1.20. The van der Waals surface area contributed by atoms with Crippen LogP contribution in [0.15, 0.2) is 29.2 Å². The molecule has 6 heteroatoms. The van der Waals surface area contributed by atoms with E-state index < -0.39 is 0 Å². The zero-order valence-corrected chi connectivity index (χ0v) is 14.2. The fourth-order valence-electron chi connectivity index (χ4n) is 2.45. The summed E-state index contributed by atoms with van der Waals surface area (Å²) in [6.45, 7) is 1.78. The smallest absolute Gasteiger partial charge is 0.321 e. The average Bonchev–Trinajstić information content (AvgIpc) is 2.50. The van der Waals surface area contributed by atoms with Crippen molar-refractivity contribution in [2.75, 3.05) is 0 Å². The van der Waals surface area contributed by atoms with E-state index in [9.17, 15) is 9.59 Å². The molecule has 1 aromatic carbocycles. The van der Waals surface area contributed by atoms with Crippen molar-refractivity contribution in [2.45, 2.75) is 55.2 Å². The first-order chi connectivity index (χ1) is 10.5. The first-order valence-corrected chi connectivity index (χ1v) is 8.84. The fourth-order valence-corrected chi connectivity index (χ4v) is 3.45. The summed E-state index contributed by atoms with van der Waals surface area (Å²) in [6.07, 6.45) is 5.50. The number of urea groups is 1. The summed E-state index contributed by atoms with van der Waals surface area (Å²) < 4.78 is 0. The third kappa shape index (κ3) is 5.54. The van der Waals surface area contributed by atoms with Crippen molar-refractivity contribution in [1.82, 2.24) is 10.6 Å².